The Morgan fingerprint density at radius 1 is 1.31 bits per heavy atom. The third kappa shape index (κ3) is 3.52. The summed E-state index contributed by atoms with van der Waals surface area (Å²) in [5.41, 5.74) is 2.25. The van der Waals surface area contributed by atoms with Gasteiger partial charge in [-0.3, -0.25) is 5.32 Å². The van der Waals surface area contributed by atoms with Gasteiger partial charge in [0, 0.05) is 37.1 Å². The van der Waals surface area contributed by atoms with Gasteiger partial charge in [-0.05, 0) is 49.2 Å². The van der Waals surface area contributed by atoms with Gasteiger partial charge in [-0.25, -0.2) is 18.4 Å². The van der Waals surface area contributed by atoms with E-state index in [1.165, 1.54) is 6.26 Å². The van der Waals surface area contributed by atoms with E-state index in [-0.39, 0.29) is 6.17 Å². The molecule has 1 fully saturated rings. The summed E-state index contributed by atoms with van der Waals surface area (Å²) in [6.07, 6.45) is 7.65. The third-order valence-corrected chi connectivity index (χ3v) is 6.21. The molecule has 138 valence electrons. The number of hydrogen-bond donors (Lipinski definition) is 2. The molecular formula is C18H23N5O2S. The molecule has 2 aromatic rings. The molecule has 2 unspecified atom stereocenters. The van der Waals surface area contributed by atoms with Crippen molar-refractivity contribution < 1.29 is 8.42 Å². The van der Waals surface area contributed by atoms with Crippen molar-refractivity contribution in [2.24, 2.45) is 0 Å². The lowest BCUT2D eigenvalue weighted by atomic mass is 10.0. The number of aromatic nitrogens is 2. The highest BCUT2D eigenvalue weighted by molar-refractivity contribution is 7.90. The molecule has 7 nitrogen and oxygen atoms in total. The van der Waals surface area contributed by atoms with Crippen molar-refractivity contribution in [2.45, 2.75) is 36.4 Å². The van der Waals surface area contributed by atoms with E-state index < -0.39 is 9.84 Å². The van der Waals surface area contributed by atoms with E-state index in [0.29, 0.717) is 10.9 Å². The maximum absolute atomic E-state index is 11.8. The fraction of sp³-hybridized carbons (Fsp3) is 0.444. The average molecular weight is 373 g/mol. The van der Waals surface area contributed by atoms with Crippen molar-refractivity contribution in [1.82, 2.24) is 15.3 Å². The normalized spacial score (nSPS) is 22.9. The Morgan fingerprint density at radius 3 is 2.96 bits per heavy atom. The van der Waals surface area contributed by atoms with E-state index in [1.807, 2.05) is 18.2 Å². The van der Waals surface area contributed by atoms with Gasteiger partial charge in [0.1, 0.15) is 12.1 Å². The number of piperidine rings is 1. The van der Waals surface area contributed by atoms with Crippen LogP contribution in [0.25, 0.3) is 0 Å². The largest absolute Gasteiger partial charge is 0.367 e. The van der Waals surface area contributed by atoms with Crippen molar-refractivity contribution in [1.29, 1.82) is 0 Å². The van der Waals surface area contributed by atoms with Crippen molar-refractivity contribution in [3.05, 3.63) is 42.4 Å². The van der Waals surface area contributed by atoms with Gasteiger partial charge in [-0.2, -0.15) is 0 Å². The minimum Gasteiger partial charge on any atom is -0.367 e. The maximum atomic E-state index is 11.8. The summed E-state index contributed by atoms with van der Waals surface area (Å²) >= 11 is 0. The second-order valence-electron chi connectivity index (χ2n) is 6.94. The van der Waals surface area contributed by atoms with Crippen LogP contribution < -0.4 is 15.5 Å². The Morgan fingerprint density at radius 2 is 2.19 bits per heavy atom. The molecule has 2 aliphatic heterocycles. The minimum absolute atomic E-state index is 0.230. The Bertz CT molecular complexity index is 888. The van der Waals surface area contributed by atoms with Crippen LogP contribution in [0.2, 0.25) is 0 Å². The molecule has 1 aromatic carbocycles. The van der Waals surface area contributed by atoms with E-state index in [9.17, 15) is 8.42 Å². The molecule has 2 atom stereocenters. The fourth-order valence-electron chi connectivity index (χ4n) is 3.81. The molecule has 1 aromatic heterocycles. The fourth-order valence-corrected chi connectivity index (χ4v) is 4.48. The molecular weight excluding hydrogens is 350 g/mol. The van der Waals surface area contributed by atoms with E-state index >= 15 is 0 Å². The van der Waals surface area contributed by atoms with Gasteiger partial charge in [0.15, 0.2) is 9.84 Å². The van der Waals surface area contributed by atoms with E-state index in [4.69, 9.17) is 0 Å². The highest BCUT2D eigenvalue weighted by atomic mass is 32.2. The minimum atomic E-state index is -3.17. The molecule has 0 aliphatic carbocycles. The van der Waals surface area contributed by atoms with E-state index in [0.717, 1.165) is 49.4 Å². The average Bonchev–Trinajstić information content (AvgIpc) is 3.05. The van der Waals surface area contributed by atoms with Crippen LogP contribution >= 0.6 is 0 Å². The lowest BCUT2D eigenvalue weighted by Crippen LogP contribution is -2.52. The predicted octanol–water partition coefficient (Wildman–Crippen LogP) is 1.43. The Labute approximate surface area is 153 Å². The number of hydrogen-bond acceptors (Lipinski definition) is 7. The first-order valence-corrected chi connectivity index (χ1v) is 10.8. The van der Waals surface area contributed by atoms with E-state index in [1.54, 1.807) is 18.6 Å². The molecule has 26 heavy (non-hydrogen) atoms. The third-order valence-electron chi connectivity index (χ3n) is 5.10. The second-order valence-corrected chi connectivity index (χ2v) is 8.95. The summed E-state index contributed by atoms with van der Waals surface area (Å²) in [5, 5.41) is 7.09. The van der Waals surface area contributed by atoms with Crippen molar-refractivity contribution in [3.63, 3.8) is 0 Å². The first-order valence-electron chi connectivity index (χ1n) is 8.86. The standard InChI is InChI=1S/C18H23N5O2S/c1-26(24,25)15-2-3-16-13(10-15)6-9-23(16)18-11-14(4-8-20-18)22-17-5-7-19-12-21-17/h2-3,5,7,10,12,14,18,20H,4,6,8-9,11H2,1H3,(H,19,21,22). The van der Waals surface area contributed by atoms with Crippen molar-refractivity contribution in [3.8, 4) is 0 Å². The molecule has 2 aliphatic rings. The zero-order chi connectivity index (χ0) is 18.1. The van der Waals surface area contributed by atoms with Gasteiger partial charge in [0.05, 0.1) is 11.1 Å². The van der Waals surface area contributed by atoms with Crippen LogP contribution in [-0.2, 0) is 16.3 Å². The molecule has 1 saturated heterocycles. The highest BCUT2D eigenvalue weighted by Crippen LogP contribution is 2.33. The van der Waals surface area contributed by atoms with Crippen LogP contribution in [0.1, 0.15) is 18.4 Å². The SMILES string of the molecule is CS(=O)(=O)c1ccc2c(c1)CCN2C1CC(Nc2ccncn2)CCN1. The number of anilines is 2. The molecule has 3 heterocycles. The zero-order valence-electron chi connectivity index (χ0n) is 14.7. The predicted molar refractivity (Wildman–Crippen MR) is 101 cm³/mol. The number of fused-ring (bicyclic) bond motifs is 1. The van der Waals surface area contributed by atoms with Gasteiger partial charge in [-0.15, -0.1) is 0 Å². The number of nitrogens with zero attached hydrogens (tertiary/aromatic N) is 3. The number of sulfone groups is 1. The topological polar surface area (TPSA) is 87.2 Å². The van der Waals surface area contributed by atoms with Gasteiger partial charge >= 0.3 is 0 Å². The summed E-state index contributed by atoms with van der Waals surface area (Å²) in [6.45, 7) is 1.83. The first-order chi connectivity index (χ1) is 12.5. The molecule has 0 amide bonds. The smallest absolute Gasteiger partial charge is 0.175 e. The molecule has 8 heteroatoms. The van der Waals surface area contributed by atoms with E-state index in [2.05, 4.69) is 25.5 Å². The Hall–Kier alpha value is -2.19. The highest BCUT2D eigenvalue weighted by Gasteiger charge is 2.31. The van der Waals surface area contributed by atoms with Crippen LogP contribution in [0.5, 0.6) is 0 Å². The second kappa shape index (κ2) is 6.85. The first kappa shape index (κ1) is 17.2. The summed E-state index contributed by atoms with van der Waals surface area (Å²) in [7, 11) is -3.17. The lowest BCUT2D eigenvalue weighted by Gasteiger charge is -2.38. The molecule has 0 spiro atoms. The van der Waals surface area contributed by atoms with Crippen LogP contribution in [0, 0.1) is 0 Å². The number of benzene rings is 1. The lowest BCUT2D eigenvalue weighted by molar-refractivity contribution is 0.366. The van der Waals surface area contributed by atoms with Gasteiger partial charge in [-0.1, -0.05) is 0 Å². The summed E-state index contributed by atoms with van der Waals surface area (Å²) in [4.78, 5) is 11.0. The van der Waals surface area contributed by atoms with Crippen LogP contribution in [-0.4, -0.2) is 49.9 Å². The van der Waals surface area contributed by atoms with Gasteiger partial charge < -0.3 is 10.2 Å². The van der Waals surface area contributed by atoms with Crippen LogP contribution in [0.4, 0.5) is 11.5 Å². The van der Waals surface area contributed by atoms with Gasteiger partial charge in [0.2, 0.25) is 0 Å². The van der Waals surface area contributed by atoms with Crippen molar-refractivity contribution >= 4 is 21.3 Å². The molecule has 0 bridgehead atoms. The molecule has 0 radical (unpaired) electrons. The maximum Gasteiger partial charge on any atom is 0.175 e. The van der Waals surface area contributed by atoms with Crippen LogP contribution in [0.3, 0.4) is 0 Å². The molecule has 2 N–H and O–H groups in total. The zero-order valence-corrected chi connectivity index (χ0v) is 15.5. The van der Waals surface area contributed by atoms with Crippen LogP contribution in [0.15, 0.2) is 41.7 Å². The van der Waals surface area contributed by atoms with Crippen molar-refractivity contribution in [2.75, 3.05) is 29.6 Å². The summed E-state index contributed by atoms with van der Waals surface area (Å²) < 4.78 is 23.6. The summed E-state index contributed by atoms with van der Waals surface area (Å²) in [5.74, 6) is 0.852. The number of rotatable bonds is 4. The summed E-state index contributed by atoms with van der Waals surface area (Å²) in [6, 6.07) is 7.71. The molecule has 4 rings (SSSR count). The molecule has 0 saturated carbocycles. The number of nitrogens with one attached hydrogen (secondary N) is 2. The van der Waals surface area contributed by atoms with Gasteiger partial charge in [0.25, 0.3) is 0 Å². The quantitative estimate of drug-likeness (QED) is 0.838. The monoisotopic (exact) mass is 373 g/mol. The Kier molecular flexibility index (Phi) is 4.54. The Balaban J connectivity index is 1.49.